The zero-order valence-corrected chi connectivity index (χ0v) is 24.1. The van der Waals surface area contributed by atoms with Crippen LogP contribution in [-0.2, 0) is 9.59 Å². The number of nitrogens with zero attached hydrogens (tertiary/aromatic N) is 1. The van der Waals surface area contributed by atoms with Gasteiger partial charge < -0.3 is 25.4 Å². The number of nitrogens with one attached hydrogen (secondary N) is 3. The summed E-state index contributed by atoms with van der Waals surface area (Å²) in [5.74, 6) is -0.112. The van der Waals surface area contributed by atoms with Crippen molar-refractivity contribution in [1.82, 2.24) is 10.3 Å². The lowest BCUT2D eigenvalue weighted by atomic mass is 10.1. The van der Waals surface area contributed by atoms with E-state index in [0.717, 1.165) is 4.90 Å². The fourth-order valence-corrected chi connectivity index (χ4v) is 4.76. The molecule has 3 aromatic carbocycles. The van der Waals surface area contributed by atoms with Gasteiger partial charge in [0.1, 0.15) is 5.70 Å². The number of amides is 3. The van der Waals surface area contributed by atoms with E-state index in [1.54, 1.807) is 104 Å². The number of carbonyl (C=O) groups excluding carboxylic acids is 3. The Balaban J connectivity index is 1.53. The molecule has 4 rings (SSSR count). The molecule has 1 atom stereocenters. The number of carbonyl (C=O) groups is 3. The lowest BCUT2D eigenvalue weighted by Crippen LogP contribution is -2.30. The lowest BCUT2D eigenvalue weighted by Gasteiger charge is -2.14. The maximum atomic E-state index is 13.5. The Morgan fingerprint density at radius 1 is 0.810 bits per heavy atom. The van der Waals surface area contributed by atoms with Crippen LogP contribution in [0.2, 0.25) is 0 Å². The molecule has 3 amide bonds. The number of benzene rings is 3. The van der Waals surface area contributed by atoms with Crippen LogP contribution in [0.4, 0.5) is 11.4 Å². The van der Waals surface area contributed by atoms with Gasteiger partial charge in [-0.2, -0.15) is 0 Å². The largest absolute Gasteiger partial charge is 0.493 e. The van der Waals surface area contributed by atoms with Crippen molar-refractivity contribution in [3.05, 3.63) is 114 Å². The van der Waals surface area contributed by atoms with E-state index in [-0.39, 0.29) is 11.6 Å². The Bertz CT molecular complexity index is 1580. The smallest absolute Gasteiger partial charge is 0.272 e. The van der Waals surface area contributed by atoms with Crippen LogP contribution in [0.25, 0.3) is 6.08 Å². The Hall–Kier alpha value is -5.09. The van der Waals surface area contributed by atoms with Crippen LogP contribution in [-0.4, -0.2) is 42.2 Å². The van der Waals surface area contributed by atoms with Crippen molar-refractivity contribution >= 4 is 46.9 Å². The van der Waals surface area contributed by atoms with E-state index in [1.807, 2.05) is 6.07 Å². The monoisotopic (exact) mass is 582 g/mol. The molecular formula is C32H30N4O5S. The Labute approximate surface area is 248 Å². The van der Waals surface area contributed by atoms with Crippen molar-refractivity contribution in [2.75, 3.05) is 24.9 Å². The van der Waals surface area contributed by atoms with Gasteiger partial charge in [-0.15, -0.1) is 11.8 Å². The molecule has 0 radical (unpaired) electrons. The van der Waals surface area contributed by atoms with Gasteiger partial charge in [-0.25, -0.2) is 0 Å². The molecule has 0 fully saturated rings. The first-order chi connectivity index (χ1) is 20.4. The Morgan fingerprint density at radius 2 is 1.55 bits per heavy atom. The summed E-state index contributed by atoms with van der Waals surface area (Å²) in [5.41, 5.74) is 2.21. The molecule has 0 aliphatic carbocycles. The van der Waals surface area contributed by atoms with Crippen molar-refractivity contribution in [3.8, 4) is 11.5 Å². The van der Waals surface area contributed by atoms with E-state index in [2.05, 4.69) is 20.9 Å². The topological polar surface area (TPSA) is 119 Å². The van der Waals surface area contributed by atoms with Crippen molar-refractivity contribution < 1.29 is 23.9 Å². The highest BCUT2D eigenvalue weighted by atomic mass is 32.2. The maximum Gasteiger partial charge on any atom is 0.272 e. The third-order valence-corrected chi connectivity index (χ3v) is 7.06. The molecule has 0 saturated carbocycles. The molecule has 1 heterocycles. The standard InChI is InChI=1S/C32H30N4O5S/c1-21(30(37)34-24-14-16-33-17-15-24)42-26-11-7-10-25(20-26)35-32(39)27(36-31(38)23-8-5-4-6-9-23)18-22-12-13-28(40-2)29(19-22)41-3/h4-21H,1-3H3,(H,35,39)(H,36,38)(H,33,34,37)/b27-18+. The lowest BCUT2D eigenvalue weighted by molar-refractivity contribution is -0.115. The molecule has 0 bridgehead atoms. The minimum atomic E-state index is -0.528. The minimum absolute atomic E-state index is 0.0271. The van der Waals surface area contributed by atoms with Gasteiger partial charge in [-0.05, 0) is 73.2 Å². The molecule has 10 heteroatoms. The van der Waals surface area contributed by atoms with Crippen molar-refractivity contribution in [3.63, 3.8) is 0 Å². The first-order valence-corrected chi connectivity index (χ1v) is 13.8. The Morgan fingerprint density at radius 3 is 2.26 bits per heavy atom. The zero-order valence-electron chi connectivity index (χ0n) is 23.3. The van der Waals surface area contributed by atoms with Crippen molar-refractivity contribution in [1.29, 1.82) is 0 Å². The van der Waals surface area contributed by atoms with E-state index in [4.69, 9.17) is 9.47 Å². The van der Waals surface area contributed by atoms with Gasteiger partial charge >= 0.3 is 0 Å². The molecule has 0 saturated heterocycles. The molecule has 1 aromatic heterocycles. The molecule has 4 aromatic rings. The molecule has 9 nitrogen and oxygen atoms in total. The third-order valence-electron chi connectivity index (χ3n) is 5.97. The first-order valence-electron chi connectivity index (χ1n) is 13.0. The van der Waals surface area contributed by atoms with Crippen LogP contribution in [0.1, 0.15) is 22.8 Å². The highest BCUT2D eigenvalue weighted by Crippen LogP contribution is 2.29. The minimum Gasteiger partial charge on any atom is -0.493 e. The highest BCUT2D eigenvalue weighted by Gasteiger charge is 2.18. The summed E-state index contributed by atoms with van der Waals surface area (Å²) >= 11 is 1.35. The second-order valence-corrected chi connectivity index (χ2v) is 10.4. The number of pyridine rings is 1. The van der Waals surface area contributed by atoms with Crippen LogP contribution in [0.3, 0.4) is 0 Å². The number of rotatable bonds is 11. The van der Waals surface area contributed by atoms with E-state index in [9.17, 15) is 14.4 Å². The van der Waals surface area contributed by atoms with Crippen LogP contribution in [0.15, 0.2) is 108 Å². The normalized spacial score (nSPS) is 11.6. The number of ether oxygens (including phenoxy) is 2. The molecule has 0 spiro atoms. The van der Waals surface area contributed by atoms with Crippen LogP contribution >= 0.6 is 11.8 Å². The van der Waals surface area contributed by atoms with Crippen molar-refractivity contribution in [2.24, 2.45) is 0 Å². The summed E-state index contributed by atoms with van der Waals surface area (Å²) in [4.78, 5) is 43.8. The Kier molecular flexibility index (Phi) is 10.3. The third kappa shape index (κ3) is 8.21. The van der Waals surface area contributed by atoms with E-state index in [0.29, 0.717) is 34.0 Å². The maximum absolute atomic E-state index is 13.5. The number of methoxy groups -OCH3 is 2. The van der Waals surface area contributed by atoms with Gasteiger partial charge in [0.2, 0.25) is 5.91 Å². The van der Waals surface area contributed by atoms with Crippen LogP contribution in [0, 0.1) is 0 Å². The second-order valence-electron chi connectivity index (χ2n) is 8.96. The van der Waals surface area contributed by atoms with Crippen molar-refractivity contribution in [2.45, 2.75) is 17.1 Å². The second kappa shape index (κ2) is 14.5. The fourth-order valence-electron chi connectivity index (χ4n) is 3.83. The average molecular weight is 583 g/mol. The van der Waals surface area contributed by atoms with Gasteiger partial charge in [0.15, 0.2) is 11.5 Å². The zero-order chi connectivity index (χ0) is 29.9. The van der Waals surface area contributed by atoms with Crippen LogP contribution in [0.5, 0.6) is 11.5 Å². The van der Waals surface area contributed by atoms with Gasteiger partial charge in [0, 0.05) is 34.2 Å². The van der Waals surface area contributed by atoms with Gasteiger partial charge in [0.25, 0.3) is 11.8 Å². The van der Waals surface area contributed by atoms with Gasteiger partial charge in [0.05, 0.1) is 19.5 Å². The molecule has 42 heavy (non-hydrogen) atoms. The van der Waals surface area contributed by atoms with E-state index >= 15 is 0 Å². The summed E-state index contributed by atoms with van der Waals surface area (Å²) in [6, 6.07) is 24.4. The number of hydrogen-bond donors (Lipinski definition) is 3. The summed E-state index contributed by atoms with van der Waals surface area (Å²) in [7, 11) is 3.05. The summed E-state index contributed by atoms with van der Waals surface area (Å²) in [6.07, 6.45) is 4.77. The van der Waals surface area contributed by atoms with Gasteiger partial charge in [-0.1, -0.05) is 30.3 Å². The molecule has 0 aliphatic heterocycles. The molecule has 0 aliphatic rings. The van der Waals surface area contributed by atoms with Crippen LogP contribution < -0.4 is 25.4 Å². The molecular weight excluding hydrogens is 552 g/mol. The number of thioether (sulfide) groups is 1. The summed E-state index contributed by atoms with van der Waals surface area (Å²) in [5, 5.41) is 8.03. The SMILES string of the molecule is COc1ccc(/C=C(/NC(=O)c2ccccc2)C(=O)Nc2cccc(SC(C)C(=O)Nc3ccncc3)c2)cc1OC. The highest BCUT2D eigenvalue weighted by molar-refractivity contribution is 8.00. The fraction of sp³-hybridized carbons (Fsp3) is 0.125. The number of anilines is 2. The predicted octanol–water partition coefficient (Wildman–Crippen LogP) is 5.63. The molecule has 1 unspecified atom stereocenters. The predicted molar refractivity (Wildman–Crippen MR) is 165 cm³/mol. The molecule has 214 valence electrons. The summed E-state index contributed by atoms with van der Waals surface area (Å²) in [6.45, 7) is 1.80. The average Bonchev–Trinajstić information content (AvgIpc) is 3.01. The number of aromatic nitrogens is 1. The molecule has 3 N–H and O–H groups in total. The van der Waals surface area contributed by atoms with Gasteiger partial charge in [-0.3, -0.25) is 19.4 Å². The first kappa shape index (κ1) is 29.9. The number of hydrogen-bond acceptors (Lipinski definition) is 7. The summed E-state index contributed by atoms with van der Waals surface area (Å²) < 4.78 is 10.7. The van der Waals surface area contributed by atoms with E-state index < -0.39 is 17.1 Å². The van der Waals surface area contributed by atoms with E-state index in [1.165, 1.54) is 26.0 Å². The quantitative estimate of drug-likeness (QED) is 0.155.